The Morgan fingerprint density at radius 1 is 1.24 bits per heavy atom. The molecular formula is C12H16N2O7. The van der Waals surface area contributed by atoms with Crippen LogP contribution in [-0.2, 0) is 4.74 Å². The lowest BCUT2D eigenvalue weighted by Gasteiger charge is -2.40. The van der Waals surface area contributed by atoms with Gasteiger partial charge in [0.1, 0.15) is 24.4 Å². The molecule has 9 heteroatoms. The summed E-state index contributed by atoms with van der Waals surface area (Å²) in [6.07, 6.45) is -6.58. The van der Waals surface area contributed by atoms with Gasteiger partial charge in [-0.3, -0.25) is 10.1 Å². The Hall–Kier alpha value is -1.78. The molecule has 1 fully saturated rings. The second-order valence-electron chi connectivity index (χ2n) is 4.70. The lowest BCUT2D eigenvalue weighted by atomic mass is 9.98. The van der Waals surface area contributed by atoms with Crippen molar-refractivity contribution in [1.82, 2.24) is 0 Å². The molecule has 9 nitrogen and oxygen atoms in total. The van der Waals surface area contributed by atoms with Crippen LogP contribution >= 0.6 is 0 Å². The van der Waals surface area contributed by atoms with E-state index < -0.39 is 42.2 Å². The minimum absolute atomic E-state index is 0.149. The van der Waals surface area contributed by atoms with Crippen molar-refractivity contribution in [3.05, 3.63) is 34.4 Å². The molecule has 1 aliphatic rings. The van der Waals surface area contributed by atoms with E-state index in [1.807, 2.05) is 0 Å². The summed E-state index contributed by atoms with van der Waals surface area (Å²) < 4.78 is 5.24. The van der Waals surface area contributed by atoms with E-state index in [4.69, 9.17) is 9.84 Å². The van der Waals surface area contributed by atoms with Crippen LogP contribution in [0.3, 0.4) is 0 Å². The van der Waals surface area contributed by atoms with Crippen molar-refractivity contribution in [2.45, 2.75) is 30.6 Å². The number of benzene rings is 1. The second kappa shape index (κ2) is 6.33. The van der Waals surface area contributed by atoms with Gasteiger partial charge in [-0.05, 0) is 6.07 Å². The van der Waals surface area contributed by atoms with Crippen molar-refractivity contribution < 1.29 is 30.1 Å². The number of hydrogen-bond donors (Lipinski definition) is 5. The highest BCUT2D eigenvalue weighted by Gasteiger charge is 2.43. The van der Waals surface area contributed by atoms with Gasteiger partial charge in [0.2, 0.25) is 0 Å². The van der Waals surface area contributed by atoms with Crippen LogP contribution < -0.4 is 5.32 Å². The fraction of sp³-hybridized carbons (Fsp3) is 0.500. The number of nitrogens with one attached hydrogen (secondary N) is 1. The maximum Gasteiger partial charge on any atom is 0.271 e. The van der Waals surface area contributed by atoms with Crippen molar-refractivity contribution >= 4 is 11.4 Å². The van der Waals surface area contributed by atoms with Crippen LogP contribution in [-0.4, -0.2) is 62.6 Å². The zero-order valence-corrected chi connectivity index (χ0v) is 10.9. The molecule has 1 saturated heterocycles. The van der Waals surface area contributed by atoms with Gasteiger partial charge in [-0.15, -0.1) is 0 Å². The Balaban J connectivity index is 2.14. The highest BCUT2D eigenvalue weighted by Crippen LogP contribution is 2.24. The maximum atomic E-state index is 10.7. The summed E-state index contributed by atoms with van der Waals surface area (Å²) in [6.45, 7) is -0.544. The van der Waals surface area contributed by atoms with Crippen LogP contribution in [0, 0.1) is 10.1 Å². The van der Waals surface area contributed by atoms with Gasteiger partial charge in [0.15, 0.2) is 6.23 Å². The number of nitro groups is 1. The third kappa shape index (κ3) is 3.28. The summed E-state index contributed by atoms with van der Waals surface area (Å²) in [5, 5.41) is 51.6. The minimum atomic E-state index is -1.51. The van der Waals surface area contributed by atoms with E-state index in [0.717, 1.165) is 0 Å². The van der Waals surface area contributed by atoms with Crippen molar-refractivity contribution in [2.24, 2.45) is 0 Å². The third-order valence-corrected chi connectivity index (χ3v) is 3.26. The highest BCUT2D eigenvalue weighted by molar-refractivity contribution is 5.51. The molecule has 0 aromatic heterocycles. The highest BCUT2D eigenvalue weighted by atomic mass is 16.6. The van der Waals surface area contributed by atoms with Gasteiger partial charge >= 0.3 is 0 Å². The zero-order valence-electron chi connectivity index (χ0n) is 10.9. The summed E-state index contributed by atoms with van der Waals surface area (Å²) in [5.41, 5.74) is 0.151. The van der Waals surface area contributed by atoms with Crippen molar-refractivity contribution in [1.29, 1.82) is 0 Å². The molecule has 5 atom stereocenters. The average molecular weight is 300 g/mol. The predicted octanol–water partition coefficient (Wildman–Crippen LogP) is -1.19. The minimum Gasteiger partial charge on any atom is -0.394 e. The molecule has 0 spiro atoms. The molecular weight excluding hydrogens is 284 g/mol. The second-order valence-corrected chi connectivity index (χ2v) is 4.70. The first-order valence-electron chi connectivity index (χ1n) is 6.25. The lowest BCUT2D eigenvalue weighted by Crippen LogP contribution is -2.60. The summed E-state index contributed by atoms with van der Waals surface area (Å²) in [6, 6.07) is 5.51. The number of aliphatic hydroxyl groups is 4. The molecule has 21 heavy (non-hydrogen) atoms. The molecule has 1 heterocycles. The number of hydrogen-bond acceptors (Lipinski definition) is 8. The van der Waals surface area contributed by atoms with Gasteiger partial charge < -0.3 is 30.5 Å². The Morgan fingerprint density at radius 2 is 1.95 bits per heavy atom. The van der Waals surface area contributed by atoms with Crippen LogP contribution in [0.2, 0.25) is 0 Å². The number of ether oxygens (including phenoxy) is 1. The van der Waals surface area contributed by atoms with Gasteiger partial charge in [-0.25, -0.2) is 0 Å². The predicted molar refractivity (Wildman–Crippen MR) is 70.5 cm³/mol. The number of aliphatic hydroxyl groups excluding tert-OH is 4. The largest absolute Gasteiger partial charge is 0.394 e. The molecule has 0 bridgehead atoms. The number of rotatable bonds is 4. The number of nitro benzene ring substituents is 1. The van der Waals surface area contributed by atoms with Crippen molar-refractivity contribution in [2.75, 3.05) is 11.9 Å². The van der Waals surface area contributed by atoms with Gasteiger partial charge in [0, 0.05) is 17.8 Å². The summed E-state index contributed by atoms with van der Waals surface area (Å²) in [7, 11) is 0. The van der Waals surface area contributed by atoms with E-state index in [1.165, 1.54) is 24.3 Å². The molecule has 116 valence electrons. The molecule has 1 aliphatic heterocycles. The summed E-state index contributed by atoms with van der Waals surface area (Å²) in [5.74, 6) is 0. The Kier molecular flexibility index (Phi) is 4.70. The number of nitrogens with zero attached hydrogens (tertiary/aromatic N) is 1. The Morgan fingerprint density at radius 3 is 2.57 bits per heavy atom. The summed E-state index contributed by atoms with van der Waals surface area (Å²) >= 11 is 0. The molecule has 0 saturated carbocycles. The molecule has 0 aliphatic carbocycles. The lowest BCUT2D eigenvalue weighted by molar-refractivity contribution is -0.384. The molecule has 0 amide bonds. The van der Waals surface area contributed by atoms with E-state index in [2.05, 4.69) is 5.32 Å². The van der Waals surface area contributed by atoms with E-state index in [0.29, 0.717) is 5.69 Å². The van der Waals surface area contributed by atoms with E-state index in [1.54, 1.807) is 0 Å². The quantitative estimate of drug-likeness (QED) is 0.344. The van der Waals surface area contributed by atoms with E-state index >= 15 is 0 Å². The molecule has 2 rings (SSSR count). The first-order valence-corrected chi connectivity index (χ1v) is 6.25. The number of non-ortho nitro benzene ring substituents is 1. The first-order chi connectivity index (χ1) is 9.93. The van der Waals surface area contributed by atoms with Crippen LogP contribution in [0.4, 0.5) is 11.4 Å². The van der Waals surface area contributed by atoms with Crippen molar-refractivity contribution in [3.63, 3.8) is 0 Å². The molecule has 5 N–H and O–H groups in total. The van der Waals surface area contributed by atoms with E-state index in [9.17, 15) is 25.4 Å². The normalized spacial score (nSPS) is 32.7. The monoisotopic (exact) mass is 300 g/mol. The molecule has 0 radical (unpaired) electrons. The molecule has 1 aromatic rings. The van der Waals surface area contributed by atoms with Gasteiger partial charge in [0.05, 0.1) is 11.5 Å². The van der Waals surface area contributed by atoms with Crippen LogP contribution in [0.5, 0.6) is 0 Å². The maximum absolute atomic E-state index is 10.7. The molecule has 0 unspecified atom stereocenters. The van der Waals surface area contributed by atoms with Crippen LogP contribution in [0.1, 0.15) is 0 Å². The Labute approximate surface area is 119 Å². The van der Waals surface area contributed by atoms with Crippen LogP contribution in [0.15, 0.2) is 24.3 Å². The van der Waals surface area contributed by atoms with Gasteiger partial charge in [0.25, 0.3) is 5.69 Å². The van der Waals surface area contributed by atoms with Crippen LogP contribution in [0.25, 0.3) is 0 Å². The first kappa shape index (κ1) is 15.6. The smallest absolute Gasteiger partial charge is 0.271 e. The summed E-state index contributed by atoms with van der Waals surface area (Å²) in [4.78, 5) is 10.1. The van der Waals surface area contributed by atoms with Gasteiger partial charge in [-0.1, -0.05) is 6.07 Å². The topological polar surface area (TPSA) is 145 Å². The Bertz CT molecular complexity index is 510. The fourth-order valence-electron chi connectivity index (χ4n) is 2.09. The third-order valence-electron chi connectivity index (χ3n) is 3.26. The molecule has 1 aromatic carbocycles. The SMILES string of the molecule is O=[N+]([O-])c1cccc(N[C@H]2O[C@@H](CO)[C@H](O)[C@@H](O)[C@@H]2O)c1. The fourth-order valence-corrected chi connectivity index (χ4v) is 2.09. The number of anilines is 1. The standard InChI is InChI=1S/C12H16N2O7/c15-5-8-9(16)10(17)11(18)12(21-8)13-6-2-1-3-7(4-6)14(19)20/h1-4,8-13,15-18H,5H2/t8-,9-,10+,11-,12-/m0/s1. The zero-order chi connectivity index (χ0) is 15.6. The van der Waals surface area contributed by atoms with Gasteiger partial charge in [-0.2, -0.15) is 0 Å². The average Bonchev–Trinajstić information content (AvgIpc) is 2.48. The van der Waals surface area contributed by atoms with E-state index in [-0.39, 0.29) is 5.69 Å². The van der Waals surface area contributed by atoms with Crippen molar-refractivity contribution in [3.8, 4) is 0 Å².